The highest BCUT2D eigenvalue weighted by Gasteiger charge is 2.20. The fourth-order valence-corrected chi connectivity index (χ4v) is 2.52. The average molecular weight is 276 g/mol. The summed E-state index contributed by atoms with van der Waals surface area (Å²) in [6, 6.07) is 8.67. The molecule has 5 heteroatoms. The maximum Gasteiger partial charge on any atom is 0.254 e. The number of hydrogen-bond donors (Lipinski definition) is 2. The van der Waals surface area contributed by atoms with Gasteiger partial charge in [-0.05, 0) is 19.4 Å². The van der Waals surface area contributed by atoms with Crippen molar-refractivity contribution >= 4 is 17.2 Å². The van der Waals surface area contributed by atoms with Gasteiger partial charge in [0.15, 0.2) is 6.10 Å². The average Bonchev–Trinajstić information content (AvgIpc) is 2.85. The van der Waals surface area contributed by atoms with E-state index in [9.17, 15) is 9.90 Å². The molecule has 2 N–H and O–H groups in total. The molecule has 0 spiro atoms. The summed E-state index contributed by atoms with van der Waals surface area (Å²) in [4.78, 5) is 16.3. The van der Waals surface area contributed by atoms with Crippen LogP contribution in [0.25, 0.3) is 0 Å². The van der Waals surface area contributed by atoms with Crippen LogP contribution in [0.5, 0.6) is 0 Å². The van der Waals surface area contributed by atoms with Gasteiger partial charge in [-0.2, -0.15) is 0 Å². The number of aliphatic hydroxyl groups is 1. The van der Waals surface area contributed by atoms with Gasteiger partial charge in [0, 0.05) is 11.1 Å². The third-order valence-corrected chi connectivity index (χ3v) is 3.87. The zero-order valence-electron chi connectivity index (χ0n) is 10.8. The van der Waals surface area contributed by atoms with Crippen LogP contribution < -0.4 is 5.32 Å². The summed E-state index contributed by atoms with van der Waals surface area (Å²) in [5.41, 5.74) is 1.52. The molecule has 0 bridgehead atoms. The lowest BCUT2D eigenvalue weighted by molar-refractivity contribution is -0.130. The number of aryl methyl sites for hydroxylation is 1. The summed E-state index contributed by atoms with van der Waals surface area (Å²) in [6.45, 7) is 3.77. The molecule has 0 saturated carbocycles. The molecule has 1 aromatic carbocycles. The molecule has 2 rings (SSSR count). The van der Waals surface area contributed by atoms with Gasteiger partial charge in [-0.3, -0.25) is 4.79 Å². The number of hydrogen-bond acceptors (Lipinski definition) is 4. The van der Waals surface area contributed by atoms with Gasteiger partial charge in [0.2, 0.25) is 0 Å². The molecule has 1 aromatic heterocycles. The van der Waals surface area contributed by atoms with Crippen molar-refractivity contribution in [2.24, 2.45) is 0 Å². The molecule has 0 saturated heterocycles. The number of rotatable bonds is 4. The van der Waals surface area contributed by atoms with Gasteiger partial charge in [0.25, 0.3) is 5.91 Å². The van der Waals surface area contributed by atoms with Gasteiger partial charge >= 0.3 is 0 Å². The first-order valence-corrected chi connectivity index (χ1v) is 6.91. The molecule has 19 heavy (non-hydrogen) atoms. The molecule has 4 nitrogen and oxygen atoms in total. The summed E-state index contributed by atoms with van der Waals surface area (Å²) in [5, 5.41) is 15.5. The molecule has 0 aliphatic heterocycles. The molecule has 2 aromatic rings. The van der Waals surface area contributed by atoms with Gasteiger partial charge in [-0.1, -0.05) is 30.3 Å². The van der Waals surface area contributed by atoms with Crippen molar-refractivity contribution in [1.29, 1.82) is 0 Å². The second-order valence-electron chi connectivity index (χ2n) is 4.37. The normalized spacial score (nSPS) is 13.8. The number of thiazole rings is 1. The largest absolute Gasteiger partial charge is 0.378 e. The number of benzene rings is 1. The van der Waals surface area contributed by atoms with Crippen LogP contribution >= 0.6 is 11.3 Å². The number of aliphatic hydroxyl groups excluding tert-OH is 1. The van der Waals surface area contributed by atoms with Crippen LogP contribution in [-0.4, -0.2) is 16.0 Å². The SMILES string of the molecule is Cc1csc(C(C)NC(=O)C(O)c2ccccc2)n1. The lowest BCUT2D eigenvalue weighted by Crippen LogP contribution is -2.31. The Morgan fingerprint density at radius 1 is 1.37 bits per heavy atom. The fourth-order valence-electron chi connectivity index (χ4n) is 1.71. The monoisotopic (exact) mass is 276 g/mol. The Balaban J connectivity index is 2.01. The van der Waals surface area contributed by atoms with Crippen LogP contribution in [-0.2, 0) is 4.79 Å². The van der Waals surface area contributed by atoms with E-state index in [1.807, 2.05) is 25.3 Å². The van der Waals surface area contributed by atoms with Crippen LogP contribution in [0.3, 0.4) is 0 Å². The van der Waals surface area contributed by atoms with E-state index in [-0.39, 0.29) is 6.04 Å². The highest BCUT2D eigenvalue weighted by Crippen LogP contribution is 2.19. The van der Waals surface area contributed by atoms with E-state index in [0.29, 0.717) is 5.56 Å². The highest BCUT2D eigenvalue weighted by molar-refractivity contribution is 7.09. The summed E-state index contributed by atoms with van der Waals surface area (Å²) in [5.74, 6) is -0.411. The molecule has 1 amide bonds. The van der Waals surface area contributed by atoms with Crippen molar-refractivity contribution < 1.29 is 9.90 Å². The minimum absolute atomic E-state index is 0.204. The second kappa shape index (κ2) is 5.95. The van der Waals surface area contributed by atoms with Gasteiger partial charge in [0.1, 0.15) is 5.01 Å². The predicted octanol–water partition coefficient (Wildman–Crippen LogP) is 2.36. The second-order valence-corrected chi connectivity index (χ2v) is 5.26. The molecule has 2 unspecified atom stereocenters. The number of carbonyl (C=O) groups excluding carboxylic acids is 1. The summed E-state index contributed by atoms with van der Waals surface area (Å²) in [6.07, 6.45) is -1.15. The van der Waals surface area contributed by atoms with Crippen molar-refractivity contribution in [2.45, 2.75) is 26.0 Å². The third kappa shape index (κ3) is 3.39. The lowest BCUT2D eigenvalue weighted by Gasteiger charge is -2.15. The smallest absolute Gasteiger partial charge is 0.254 e. The van der Waals surface area contributed by atoms with E-state index < -0.39 is 12.0 Å². The molecule has 0 radical (unpaired) electrons. The van der Waals surface area contributed by atoms with Crippen LogP contribution in [0.4, 0.5) is 0 Å². The minimum Gasteiger partial charge on any atom is -0.378 e. The van der Waals surface area contributed by atoms with Crippen LogP contribution in [0.15, 0.2) is 35.7 Å². The number of nitrogens with one attached hydrogen (secondary N) is 1. The third-order valence-electron chi connectivity index (χ3n) is 2.73. The number of carbonyl (C=O) groups is 1. The Bertz CT molecular complexity index is 554. The predicted molar refractivity (Wildman–Crippen MR) is 74.8 cm³/mol. The van der Waals surface area contributed by atoms with Gasteiger partial charge in [-0.25, -0.2) is 4.98 Å². The van der Waals surface area contributed by atoms with E-state index in [1.165, 1.54) is 11.3 Å². The molecule has 100 valence electrons. The van der Waals surface area contributed by atoms with E-state index >= 15 is 0 Å². The van der Waals surface area contributed by atoms with E-state index in [2.05, 4.69) is 10.3 Å². The van der Waals surface area contributed by atoms with Crippen molar-refractivity contribution in [1.82, 2.24) is 10.3 Å². The summed E-state index contributed by atoms with van der Waals surface area (Å²) < 4.78 is 0. The summed E-state index contributed by atoms with van der Waals surface area (Å²) >= 11 is 1.50. The van der Waals surface area contributed by atoms with Crippen molar-refractivity contribution in [3.05, 3.63) is 52.0 Å². The first-order chi connectivity index (χ1) is 9.08. The quantitative estimate of drug-likeness (QED) is 0.901. The first kappa shape index (κ1) is 13.7. The molecule has 2 atom stereocenters. The van der Waals surface area contributed by atoms with Crippen LogP contribution in [0.2, 0.25) is 0 Å². The topological polar surface area (TPSA) is 62.2 Å². The Morgan fingerprint density at radius 3 is 2.63 bits per heavy atom. The Hall–Kier alpha value is -1.72. The molecule has 0 aliphatic carbocycles. The Morgan fingerprint density at radius 2 is 2.05 bits per heavy atom. The van der Waals surface area contributed by atoms with Crippen molar-refractivity contribution in [2.75, 3.05) is 0 Å². The zero-order valence-corrected chi connectivity index (χ0v) is 11.6. The van der Waals surface area contributed by atoms with Gasteiger partial charge < -0.3 is 10.4 Å². The number of aromatic nitrogens is 1. The molecular formula is C14H16N2O2S. The Labute approximate surface area is 116 Å². The van der Waals surface area contributed by atoms with Crippen LogP contribution in [0.1, 0.15) is 35.3 Å². The molecule has 1 heterocycles. The lowest BCUT2D eigenvalue weighted by atomic mass is 10.1. The molecular weight excluding hydrogens is 260 g/mol. The number of nitrogens with zero attached hydrogens (tertiary/aromatic N) is 1. The standard InChI is InChI=1S/C14H16N2O2S/c1-9-8-19-14(15-9)10(2)16-13(18)12(17)11-6-4-3-5-7-11/h3-8,10,12,17H,1-2H3,(H,16,18). The summed E-state index contributed by atoms with van der Waals surface area (Å²) in [7, 11) is 0. The Kier molecular flexibility index (Phi) is 4.29. The van der Waals surface area contributed by atoms with Gasteiger partial charge in [0.05, 0.1) is 6.04 Å². The van der Waals surface area contributed by atoms with E-state index in [4.69, 9.17) is 0 Å². The zero-order chi connectivity index (χ0) is 13.8. The van der Waals surface area contributed by atoms with E-state index in [1.54, 1.807) is 24.3 Å². The number of amides is 1. The van der Waals surface area contributed by atoms with Gasteiger partial charge in [-0.15, -0.1) is 11.3 Å². The van der Waals surface area contributed by atoms with Crippen molar-refractivity contribution in [3.63, 3.8) is 0 Å². The molecule has 0 aliphatic rings. The van der Waals surface area contributed by atoms with Crippen molar-refractivity contribution in [3.8, 4) is 0 Å². The maximum absolute atomic E-state index is 11.9. The highest BCUT2D eigenvalue weighted by atomic mass is 32.1. The fraction of sp³-hybridized carbons (Fsp3) is 0.286. The molecule has 0 fully saturated rings. The maximum atomic E-state index is 11.9. The minimum atomic E-state index is -1.15. The van der Waals surface area contributed by atoms with E-state index in [0.717, 1.165) is 10.7 Å². The first-order valence-electron chi connectivity index (χ1n) is 6.03. The van der Waals surface area contributed by atoms with Crippen LogP contribution in [0, 0.1) is 6.92 Å².